The lowest BCUT2D eigenvalue weighted by molar-refractivity contribution is 0.205. The van der Waals surface area contributed by atoms with Gasteiger partial charge in [-0.2, -0.15) is 0 Å². The zero-order valence-electron chi connectivity index (χ0n) is 12.7. The van der Waals surface area contributed by atoms with Gasteiger partial charge in [0.1, 0.15) is 5.65 Å². The van der Waals surface area contributed by atoms with Crippen molar-refractivity contribution in [2.45, 2.75) is 25.3 Å². The lowest BCUT2D eigenvalue weighted by Gasteiger charge is -2.32. The molecule has 0 aliphatic carbocycles. The molecule has 1 aromatic carbocycles. The molecule has 0 atom stereocenters. The van der Waals surface area contributed by atoms with Gasteiger partial charge in [-0.3, -0.25) is 4.90 Å². The summed E-state index contributed by atoms with van der Waals surface area (Å²) in [5.41, 5.74) is 3.86. The maximum absolute atomic E-state index is 4.37. The van der Waals surface area contributed by atoms with Crippen LogP contribution < -0.4 is 0 Å². The smallest absolute Gasteiger partial charge is 0.137 e. The van der Waals surface area contributed by atoms with Crippen LogP contribution in [0.2, 0.25) is 0 Å². The molecule has 1 aliphatic rings. The van der Waals surface area contributed by atoms with Crippen molar-refractivity contribution in [3.05, 3.63) is 66.0 Å². The van der Waals surface area contributed by atoms with E-state index in [0.29, 0.717) is 0 Å². The van der Waals surface area contributed by atoms with Gasteiger partial charge in [0, 0.05) is 24.3 Å². The second kappa shape index (κ2) is 5.93. The van der Waals surface area contributed by atoms with Crippen LogP contribution in [-0.4, -0.2) is 28.0 Å². The number of hydrogen-bond acceptors (Lipinski definition) is 2. The number of aromatic nitrogens is 2. The number of aromatic amines is 1. The maximum Gasteiger partial charge on any atom is 0.137 e. The van der Waals surface area contributed by atoms with Gasteiger partial charge >= 0.3 is 0 Å². The number of hydrogen-bond donors (Lipinski definition) is 1. The third-order valence-corrected chi connectivity index (χ3v) is 4.79. The van der Waals surface area contributed by atoms with E-state index in [1.165, 1.54) is 42.4 Å². The second-order valence-electron chi connectivity index (χ2n) is 6.17. The standard InChI is InChI=1S/C19H21N3/c1-2-5-15(6-3-1)16-8-11-22(12-9-16)14-17-13-21-19-18(17)7-4-10-20-19/h1-7,10,13,16H,8-9,11-12,14H2,(H,20,21). The summed E-state index contributed by atoms with van der Waals surface area (Å²) in [5, 5.41) is 1.26. The SMILES string of the molecule is c1ccc(C2CCN(Cc3c[nH]c4ncccc34)CC2)cc1. The first kappa shape index (κ1) is 13.5. The van der Waals surface area contributed by atoms with Gasteiger partial charge in [-0.05, 0) is 55.1 Å². The summed E-state index contributed by atoms with van der Waals surface area (Å²) >= 11 is 0. The van der Waals surface area contributed by atoms with E-state index in [0.717, 1.165) is 18.1 Å². The zero-order valence-corrected chi connectivity index (χ0v) is 12.7. The molecular weight excluding hydrogens is 270 g/mol. The highest BCUT2D eigenvalue weighted by Crippen LogP contribution is 2.29. The summed E-state index contributed by atoms with van der Waals surface area (Å²) in [6.07, 6.45) is 6.46. The van der Waals surface area contributed by atoms with Crippen LogP contribution in [0.1, 0.15) is 29.9 Å². The van der Waals surface area contributed by atoms with Crippen molar-refractivity contribution in [2.24, 2.45) is 0 Å². The molecule has 0 radical (unpaired) electrons. The van der Waals surface area contributed by atoms with E-state index in [4.69, 9.17) is 0 Å². The van der Waals surface area contributed by atoms with Crippen LogP contribution in [0.15, 0.2) is 54.9 Å². The number of pyridine rings is 1. The summed E-state index contributed by atoms with van der Waals surface area (Å²) in [7, 11) is 0. The molecule has 4 rings (SSSR count). The molecular formula is C19H21N3. The molecule has 1 N–H and O–H groups in total. The molecule has 2 aromatic heterocycles. The van der Waals surface area contributed by atoms with E-state index in [1.807, 2.05) is 12.3 Å². The minimum atomic E-state index is 0.724. The first-order valence-electron chi connectivity index (χ1n) is 8.08. The molecule has 0 spiro atoms. The van der Waals surface area contributed by atoms with Crippen LogP contribution in [-0.2, 0) is 6.54 Å². The average Bonchev–Trinajstić information content (AvgIpc) is 3.00. The summed E-state index contributed by atoms with van der Waals surface area (Å²) in [6, 6.07) is 15.1. The second-order valence-corrected chi connectivity index (χ2v) is 6.17. The Bertz CT molecular complexity index is 739. The Hall–Kier alpha value is -2.13. The molecule has 3 heteroatoms. The Labute approximate surface area is 131 Å². The fourth-order valence-electron chi connectivity index (χ4n) is 3.53. The largest absolute Gasteiger partial charge is 0.346 e. The van der Waals surface area contributed by atoms with E-state index >= 15 is 0 Å². The number of nitrogens with one attached hydrogen (secondary N) is 1. The Morgan fingerprint density at radius 3 is 2.68 bits per heavy atom. The van der Waals surface area contributed by atoms with E-state index in [2.05, 4.69) is 57.5 Å². The van der Waals surface area contributed by atoms with Gasteiger partial charge in [-0.15, -0.1) is 0 Å². The fourth-order valence-corrected chi connectivity index (χ4v) is 3.53. The van der Waals surface area contributed by atoms with E-state index in [-0.39, 0.29) is 0 Å². The Morgan fingerprint density at radius 1 is 1.05 bits per heavy atom. The number of piperidine rings is 1. The van der Waals surface area contributed by atoms with Gasteiger partial charge in [0.15, 0.2) is 0 Å². The molecule has 22 heavy (non-hydrogen) atoms. The van der Waals surface area contributed by atoms with Crippen LogP contribution in [0, 0.1) is 0 Å². The third-order valence-electron chi connectivity index (χ3n) is 4.79. The number of rotatable bonds is 3. The number of H-pyrrole nitrogens is 1. The molecule has 0 saturated carbocycles. The minimum absolute atomic E-state index is 0.724. The predicted octanol–water partition coefficient (Wildman–Crippen LogP) is 3.94. The predicted molar refractivity (Wildman–Crippen MR) is 89.8 cm³/mol. The molecule has 0 bridgehead atoms. The fraction of sp³-hybridized carbons (Fsp3) is 0.316. The molecule has 1 aliphatic heterocycles. The van der Waals surface area contributed by atoms with Crippen LogP contribution in [0.25, 0.3) is 11.0 Å². The van der Waals surface area contributed by atoms with Gasteiger partial charge in [0.2, 0.25) is 0 Å². The lowest BCUT2D eigenvalue weighted by atomic mass is 9.89. The highest BCUT2D eigenvalue weighted by atomic mass is 15.1. The van der Waals surface area contributed by atoms with Crippen LogP contribution in [0.5, 0.6) is 0 Å². The molecule has 1 fully saturated rings. The number of benzene rings is 1. The molecule has 112 valence electrons. The quantitative estimate of drug-likeness (QED) is 0.792. The van der Waals surface area contributed by atoms with Gasteiger partial charge in [0.05, 0.1) is 0 Å². The first-order valence-corrected chi connectivity index (χ1v) is 8.08. The molecule has 3 aromatic rings. The maximum atomic E-state index is 4.37. The molecule has 0 unspecified atom stereocenters. The number of likely N-dealkylation sites (tertiary alicyclic amines) is 1. The van der Waals surface area contributed by atoms with Crippen molar-refractivity contribution in [1.82, 2.24) is 14.9 Å². The van der Waals surface area contributed by atoms with Gasteiger partial charge < -0.3 is 4.98 Å². The van der Waals surface area contributed by atoms with Crippen molar-refractivity contribution in [3.8, 4) is 0 Å². The van der Waals surface area contributed by atoms with Gasteiger partial charge in [-0.25, -0.2) is 4.98 Å². The minimum Gasteiger partial charge on any atom is -0.346 e. The van der Waals surface area contributed by atoms with Gasteiger partial charge in [0.25, 0.3) is 0 Å². The Kier molecular flexibility index (Phi) is 3.65. The molecule has 3 nitrogen and oxygen atoms in total. The van der Waals surface area contributed by atoms with Gasteiger partial charge in [-0.1, -0.05) is 30.3 Å². The Balaban J connectivity index is 1.42. The summed E-state index contributed by atoms with van der Waals surface area (Å²) < 4.78 is 0. The van der Waals surface area contributed by atoms with E-state index in [9.17, 15) is 0 Å². The Morgan fingerprint density at radius 2 is 1.86 bits per heavy atom. The van der Waals surface area contributed by atoms with Crippen molar-refractivity contribution in [1.29, 1.82) is 0 Å². The molecule has 0 amide bonds. The van der Waals surface area contributed by atoms with Crippen molar-refractivity contribution in [3.63, 3.8) is 0 Å². The highest BCUT2D eigenvalue weighted by molar-refractivity contribution is 5.79. The first-order chi connectivity index (χ1) is 10.9. The molecule has 3 heterocycles. The van der Waals surface area contributed by atoms with Crippen LogP contribution >= 0.6 is 0 Å². The topological polar surface area (TPSA) is 31.9 Å². The number of fused-ring (bicyclic) bond motifs is 1. The lowest BCUT2D eigenvalue weighted by Crippen LogP contribution is -2.32. The third kappa shape index (κ3) is 2.64. The molecule has 1 saturated heterocycles. The zero-order chi connectivity index (χ0) is 14.8. The summed E-state index contributed by atoms with van der Waals surface area (Å²) in [4.78, 5) is 10.2. The van der Waals surface area contributed by atoms with Crippen LogP contribution in [0.4, 0.5) is 0 Å². The number of nitrogens with zero attached hydrogens (tertiary/aromatic N) is 2. The normalized spacial score (nSPS) is 17.1. The average molecular weight is 291 g/mol. The highest BCUT2D eigenvalue weighted by Gasteiger charge is 2.21. The summed E-state index contributed by atoms with van der Waals surface area (Å²) in [6.45, 7) is 3.37. The van der Waals surface area contributed by atoms with Crippen molar-refractivity contribution < 1.29 is 0 Å². The van der Waals surface area contributed by atoms with E-state index in [1.54, 1.807) is 0 Å². The summed E-state index contributed by atoms with van der Waals surface area (Å²) in [5.74, 6) is 0.724. The van der Waals surface area contributed by atoms with Crippen LogP contribution in [0.3, 0.4) is 0 Å². The van der Waals surface area contributed by atoms with E-state index < -0.39 is 0 Å². The van der Waals surface area contributed by atoms with Crippen molar-refractivity contribution >= 4 is 11.0 Å². The van der Waals surface area contributed by atoms with Crippen molar-refractivity contribution in [2.75, 3.05) is 13.1 Å². The monoisotopic (exact) mass is 291 g/mol.